The lowest BCUT2D eigenvalue weighted by atomic mass is 10.2. The zero-order valence-corrected chi connectivity index (χ0v) is 14.3. The summed E-state index contributed by atoms with van der Waals surface area (Å²) in [5.41, 5.74) is 1.50. The summed E-state index contributed by atoms with van der Waals surface area (Å²) in [6.45, 7) is 8.97. The van der Waals surface area contributed by atoms with E-state index < -0.39 is 10.0 Å². The first-order valence-corrected chi connectivity index (χ1v) is 9.13. The Morgan fingerprint density at radius 2 is 1.95 bits per heavy atom. The van der Waals surface area contributed by atoms with Crippen LogP contribution in [0.25, 0.3) is 0 Å². The Morgan fingerprint density at radius 3 is 2.57 bits per heavy atom. The lowest BCUT2D eigenvalue weighted by Gasteiger charge is -2.10. The average Bonchev–Trinajstić information content (AvgIpc) is 2.78. The number of nitrogens with zero attached hydrogens (tertiary/aromatic N) is 1. The van der Waals surface area contributed by atoms with Crippen LogP contribution in [0.1, 0.15) is 57.7 Å². The maximum Gasteiger partial charge on any atom is 0.260 e. The van der Waals surface area contributed by atoms with Crippen molar-refractivity contribution in [2.45, 2.75) is 71.0 Å². The highest BCUT2D eigenvalue weighted by atomic mass is 32.2. The normalized spacial score (nSPS) is 12.2. The maximum absolute atomic E-state index is 12.3. The fraction of sp³-hybridized carbons (Fsp3) is 0.786. The number of unbranched alkanes of at least 4 members (excludes halogenated alkanes) is 3. The third kappa shape index (κ3) is 5.76. The highest BCUT2D eigenvalue weighted by Gasteiger charge is 2.23. The summed E-state index contributed by atoms with van der Waals surface area (Å²) < 4.78 is 27.3. The molecular formula is C14H28N4O2S. The van der Waals surface area contributed by atoms with Gasteiger partial charge in [-0.1, -0.05) is 40.0 Å². The first kappa shape index (κ1) is 18.1. The van der Waals surface area contributed by atoms with Crippen LogP contribution >= 0.6 is 0 Å². The number of aryl methyl sites for hydroxylation is 1. The molecular weight excluding hydrogens is 288 g/mol. The van der Waals surface area contributed by atoms with Gasteiger partial charge in [0.15, 0.2) is 5.03 Å². The van der Waals surface area contributed by atoms with Crippen molar-refractivity contribution in [3.8, 4) is 0 Å². The number of rotatable bonds is 10. The summed E-state index contributed by atoms with van der Waals surface area (Å²) in [4.78, 5) is 0. The SMILES string of the molecule is CCCCCCNS(=O)(=O)c1n[nH]c(C)c1CNC(C)C. The largest absolute Gasteiger partial charge is 0.310 e. The highest BCUT2D eigenvalue weighted by molar-refractivity contribution is 7.89. The van der Waals surface area contributed by atoms with Gasteiger partial charge in [0.05, 0.1) is 0 Å². The molecule has 1 aromatic heterocycles. The van der Waals surface area contributed by atoms with Gasteiger partial charge in [0.1, 0.15) is 0 Å². The second kappa shape index (κ2) is 8.51. The van der Waals surface area contributed by atoms with Crippen molar-refractivity contribution in [2.24, 2.45) is 0 Å². The summed E-state index contributed by atoms with van der Waals surface area (Å²) in [6, 6.07) is 0.289. The van der Waals surface area contributed by atoms with Gasteiger partial charge in [-0.05, 0) is 13.3 Å². The van der Waals surface area contributed by atoms with Crippen LogP contribution in [-0.2, 0) is 16.6 Å². The van der Waals surface area contributed by atoms with Crippen LogP contribution in [-0.4, -0.2) is 31.2 Å². The van der Waals surface area contributed by atoms with Crippen LogP contribution < -0.4 is 10.0 Å². The molecule has 0 saturated carbocycles. The number of H-pyrrole nitrogens is 1. The Bertz CT molecular complexity index is 523. The van der Waals surface area contributed by atoms with E-state index in [1.54, 1.807) is 0 Å². The standard InChI is InChI=1S/C14H28N4O2S/c1-5-6-7-8-9-16-21(19,20)14-13(10-15-11(2)3)12(4)17-18-14/h11,15-16H,5-10H2,1-4H3,(H,17,18). The van der Waals surface area contributed by atoms with Crippen molar-refractivity contribution in [3.05, 3.63) is 11.3 Å². The molecule has 0 unspecified atom stereocenters. The molecule has 0 atom stereocenters. The molecule has 21 heavy (non-hydrogen) atoms. The predicted octanol–water partition coefficient (Wildman–Crippen LogP) is 2.07. The van der Waals surface area contributed by atoms with E-state index in [-0.39, 0.29) is 11.1 Å². The molecule has 0 amide bonds. The van der Waals surface area contributed by atoms with Gasteiger partial charge >= 0.3 is 0 Å². The van der Waals surface area contributed by atoms with Gasteiger partial charge in [0.25, 0.3) is 10.0 Å². The van der Waals surface area contributed by atoms with Gasteiger partial charge in [0, 0.05) is 30.4 Å². The van der Waals surface area contributed by atoms with E-state index in [1.165, 1.54) is 0 Å². The van der Waals surface area contributed by atoms with E-state index in [4.69, 9.17) is 0 Å². The Morgan fingerprint density at radius 1 is 1.24 bits per heavy atom. The molecule has 122 valence electrons. The second-order valence-electron chi connectivity index (χ2n) is 5.63. The molecule has 3 N–H and O–H groups in total. The van der Waals surface area contributed by atoms with E-state index in [1.807, 2.05) is 20.8 Å². The summed E-state index contributed by atoms with van der Waals surface area (Å²) in [5.74, 6) is 0. The van der Waals surface area contributed by atoms with E-state index in [0.29, 0.717) is 18.7 Å². The van der Waals surface area contributed by atoms with Crippen molar-refractivity contribution in [3.63, 3.8) is 0 Å². The van der Waals surface area contributed by atoms with E-state index in [0.717, 1.165) is 31.4 Å². The summed E-state index contributed by atoms with van der Waals surface area (Å²) in [7, 11) is -3.54. The van der Waals surface area contributed by atoms with Gasteiger partial charge < -0.3 is 5.32 Å². The van der Waals surface area contributed by atoms with Gasteiger partial charge in [-0.2, -0.15) is 5.10 Å². The van der Waals surface area contributed by atoms with Crippen LogP contribution in [0.4, 0.5) is 0 Å². The fourth-order valence-electron chi connectivity index (χ4n) is 1.99. The molecule has 0 aliphatic carbocycles. The number of nitrogens with one attached hydrogen (secondary N) is 3. The molecule has 1 rings (SSSR count). The number of aromatic amines is 1. The molecule has 1 heterocycles. The van der Waals surface area contributed by atoms with E-state index in [9.17, 15) is 8.42 Å². The zero-order chi connectivity index (χ0) is 15.9. The summed E-state index contributed by atoms with van der Waals surface area (Å²) in [6.07, 6.45) is 4.17. The van der Waals surface area contributed by atoms with Crippen LogP contribution in [0, 0.1) is 6.92 Å². The summed E-state index contributed by atoms with van der Waals surface area (Å²) >= 11 is 0. The molecule has 0 aliphatic rings. The number of hydrogen-bond acceptors (Lipinski definition) is 4. The Balaban J connectivity index is 2.69. The minimum absolute atomic E-state index is 0.114. The van der Waals surface area contributed by atoms with Crippen LogP contribution in [0.3, 0.4) is 0 Å². The van der Waals surface area contributed by atoms with E-state index >= 15 is 0 Å². The Kier molecular flexibility index (Phi) is 7.34. The van der Waals surface area contributed by atoms with Gasteiger partial charge in [-0.3, -0.25) is 5.10 Å². The first-order valence-electron chi connectivity index (χ1n) is 7.65. The number of sulfonamides is 1. The fourth-order valence-corrected chi connectivity index (χ4v) is 3.26. The third-order valence-corrected chi connectivity index (χ3v) is 4.73. The van der Waals surface area contributed by atoms with Crippen molar-refractivity contribution in [2.75, 3.05) is 6.54 Å². The highest BCUT2D eigenvalue weighted by Crippen LogP contribution is 2.16. The van der Waals surface area contributed by atoms with Crippen molar-refractivity contribution < 1.29 is 8.42 Å². The quantitative estimate of drug-likeness (QED) is 0.577. The lowest BCUT2D eigenvalue weighted by molar-refractivity contribution is 0.559. The molecule has 0 bridgehead atoms. The molecule has 0 fully saturated rings. The number of aromatic nitrogens is 2. The van der Waals surface area contributed by atoms with Crippen LogP contribution in [0.5, 0.6) is 0 Å². The topological polar surface area (TPSA) is 86.9 Å². The first-order chi connectivity index (χ1) is 9.88. The Hall–Kier alpha value is -0.920. The van der Waals surface area contributed by atoms with Crippen LogP contribution in [0.15, 0.2) is 5.03 Å². The van der Waals surface area contributed by atoms with Crippen molar-refractivity contribution in [1.29, 1.82) is 0 Å². The average molecular weight is 316 g/mol. The monoisotopic (exact) mass is 316 g/mol. The van der Waals surface area contributed by atoms with Gasteiger partial charge in [-0.25, -0.2) is 13.1 Å². The van der Waals surface area contributed by atoms with E-state index in [2.05, 4.69) is 27.2 Å². The third-order valence-electron chi connectivity index (χ3n) is 3.30. The molecule has 0 saturated heterocycles. The molecule has 0 radical (unpaired) electrons. The second-order valence-corrected chi connectivity index (χ2v) is 7.31. The zero-order valence-electron chi connectivity index (χ0n) is 13.5. The molecule has 7 heteroatoms. The predicted molar refractivity (Wildman–Crippen MR) is 84.6 cm³/mol. The van der Waals surface area contributed by atoms with Crippen molar-refractivity contribution in [1.82, 2.24) is 20.2 Å². The molecule has 1 aromatic rings. The van der Waals surface area contributed by atoms with Gasteiger partial charge in [-0.15, -0.1) is 0 Å². The van der Waals surface area contributed by atoms with Crippen LogP contribution in [0.2, 0.25) is 0 Å². The van der Waals surface area contributed by atoms with Crippen molar-refractivity contribution >= 4 is 10.0 Å². The number of hydrogen-bond donors (Lipinski definition) is 3. The lowest BCUT2D eigenvalue weighted by Crippen LogP contribution is -2.28. The minimum atomic E-state index is -3.54. The Labute approximate surface area is 128 Å². The molecule has 0 aromatic carbocycles. The molecule has 6 nitrogen and oxygen atoms in total. The maximum atomic E-state index is 12.3. The smallest absolute Gasteiger partial charge is 0.260 e. The molecule has 0 spiro atoms. The molecule has 0 aliphatic heterocycles. The summed E-state index contributed by atoms with van der Waals surface area (Å²) in [5, 5.41) is 10.1. The van der Waals surface area contributed by atoms with Gasteiger partial charge in [0.2, 0.25) is 0 Å². The minimum Gasteiger partial charge on any atom is -0.310 e.